The Hall–Kier alpha value is -2.51. The number of aliphatic hydroxyl groups is 2. The van der Waals surface area contributed by atoms with Crippen LogP contribution >= 0.6 is 0 Å². The van der Waals surface area contributed by atoms with E-state index < -0.39 is 12.0 Å². The predicted octanol–water partition coefficient (Wildman–Crippen LogP) is 0.0366. The highest BCUT2D eigenvalue weighted by molar-refractivity contribution is 6.11. The van der Waals surface area contributed by atoms with E-state index in [0.717, 1.165) is 5.39 Å². The largest absolute Gasteiger partial charge is 0.394 e. The summed E-state index contributed by atoms with van der Waals surface area (Å²) in [6.45, 7) is -0.190. The fraction of sp³-hybridized carbons (Fsp3) is 0.214. The number of rotatable bonds is 4. The Morgan fingerprint density at radius 1 is 1.38 bits per heavy atom. The Labute approximate surface area is 119 Å². The van der Waals surface area contributed by atoms with Crippen molar-refractivity contribution in [1.82, 2.24) is 14.5 Å². The number of aromatic nitrogens is 3. The van der Waals surface area contributed by atoms with Gasteiger partial charge in [-0.2, -0.15) is 0 Å². The predicted molar refractivity (Wildman–Crippen MR) is 76.6 cm³/mol. The molecule has 0 saturated heterocycles. The smallest absolute Gasteiger partial charge is 0.269 e. The molecule has 1 unspecified atom stereocenters. The fourth-order valence-corrected chi connectivity index (χ4v) is 2.38. The third kappa shape index (κ3) is 2.22. The zero-order chi connectivity index (χ0) is 15.0. The van der Waals surface area contributed by atoms with E-state index in [-0.39, 0.29) is 18.8 Å². The Balaban J connectivity index is 2.34. The monoisotopic (exact) mass is 286 g/mol. The summed E-state index contributed by atoms with van der Waals surface area (Å²) in [5, 5.41) is 19.4. The molecule has 21 heavy (non-hydrogen) atoms. The number of amides is 1. The van der Waals surface area contributed by atoms with Gasteiger partial charge in [0.15, 0.2) is 5.69 Å². The molecule has 0 fully saturated rings. The molecular weight excluding hydrogens is 272 g/mol. The molecule has 4 N–H and O–H groups in total. The van der Waals surface area contributed by atoms with Crippen molar-refractivity contribution in [3.8, 4) is 0 Å². The first-order chi connectivity index (χ1) is 10.1. The third-order valence-corrected chi connectivity index (χ3v) is 3.31. The second kappa shape index (κ2) is 5.12. The number of fused-ring (bicyclic) bond motifs is 3. The molecule has 1 amide bonds. The molecule has 0 aliphatic heterocycles. The SMILES string of the molecule is NC(=O)c1nc2ccccc2c2c1ncn2CC(O)CO. The first kappa shape index (κ1) is 13.5. The van der Waals surface area contributed by atoms with Crippen molar-refractivity contribution in [2.75, 3.05) is 6.61 Å². The van der Waals surface area contributed by atoms with E-state index in [2.05, 4.69) is 9.97 Å². The summed E-state index contributed by atoms with van der Waals surface area (Å²) in [5.41, 5.74) is 7.15. The maximum Gasteiger partial charge on any atom is 0.269 e. The maximum absolute atomic E-state index is 11.6. The molecule has 108 valence electrons. The number of imidazole rings is 1. The lowest BCUT2D eigenvalue weighted by Crippen LogP contribution is -2.19. The van der Waals surface area contributed by atoms with Crippen molar-refractivity contribution >= 4 is 27.8 Å². The summed E-state index contributed by atoms with van der Waals surface area (Å²) in [5.74, 6) is -0.654. The Morgan fingerprint density at radius 2 is 2.14 bits per heavy atom. The molecular formula is C14H14N4O3. The highest BCUT2D eigenvalue weighted by Crippen LogP contribution is 2.25. The standard InChI is InChI=1S/C14H14N4O3/c15-14(21)12-11-13(9-3-1-2-4-10(9)17-12)18(7-16-11)5-8(20)6-19/h1-4,7-8,19-20H,5-6H2,(H2,15,21). The van der Waals surface area contributed by atoms with Crippen LogP contribution in [0.25, 0.3) is 21.9 Å². The van der Waals surface area contributed by atoms with Crippen molar-refractivity contribution in [1.29, 1.82) is 0 Å². The molecule has 0 saturated carbocycles. The van der Waals surface area contributed by atoms with Crippen LogP contribution in [-0.4, -0.2) is 43.4 Å². The first-order valence-electron chi connectivity index (χ1n) is 6.44. The molecule has 7 heteroatoms. The van der Waals surface area contributed by atoms with Crippen LogP contribution in [0.2, 0.25) is 0 Å². The van der Waals surface area contributed by atoms with Gasteiger partial charge in [-0.15, -0.1) is 0 Å². The molecule has 0 bridgehead atoms. The van der Waals surface area contributed by atoms with Crippen LogP contribution in [0.4, 0.5) is 0 Å². The van der Waals surface area contributed by atoms with Gasteiger partial charge in [-0.3, -0.25) is 4.79 Å². The van der Waals surface area contributed by atoms with Crippen molar-refractivity contribution < 1.29 is 15.0 Å². The van der Waals surface area contributed by atoms with Crippen LogP contribution in [-0.2, 0) is 6.54 Å². The Bertz CT molecular complexity index is 828. The van der Waals surface area contributed by atoms with Crippen molar-refractivity contribution in [3.63, 3.8) is 0 Å². The summed E-state index contributed by atoms with van der Waals surface area (Å²) < 4.78 is 1.69. The zero-order valence-corrected chi connectivity index (χ0v) is 11.1. The average molecular weight is 286 g/mol. The highest BCUT2D eigenvalue weighted by atomic mass is 16.3. The van der Waals surface area contributed by atoms with Crippen LogP contribution < -0.4 is 5.73 Å². The minimum Gasteiger partial charge on any atom is -0.394 e. The van der Waals surface area contributed by atoms with E-state index in [1.807, 2.05) is 18.2 Å². The van der Waals surface area contributed by atoms with Gasteiger partial charge in [0.2, 0.25) is 0 Å². The van der Waals surface area contributed by atoms with E-state index in [9.17, 15) is 9.90 Å². The molecule has 2 heterocycles. The lowest BCUT2D eigenvalue weighted by molar-refractivity contribution is 0.0821. The second-order valence-corrected chi connectivity index (χ2v) is 4.77. The van der Waals surface area contributed by atoms with Crippen LogP contribution in [0.3, 0.4) is 0 Å². The van der Waals surface area contributed by atoms with Gasteiger partial charge in [0.05, 0.1) is 36.6 Å². The number of nitrogens with two attached hydrogens (primary N) is 1. The summed E-state index contributed by atoms with van der Waals surface area (Å²) in [7, 11) is 0. The van der Waals surface area contributed by atoms with Crippen molar-refractivity contribution in [3.05, 3.63) is 36.3 Å². The molecule has 1 aromatic carbocycles. The quantitative estimate of drug-likeness (QED) is 0.626. The molecule has 2 aromatic heterocycles. The third-order valence-electron chi connectivity index (χ3n) is 3.31. The van der Waals surface area contributed by atoms with Crippen LogP contribution in [0.5, 0.6) is 0 Å². The van der Waals surface area contributed by atoms with Gasteiger partial charge in [0.25, 0.3) is 5.91 Å². The topological polar surface area (TPSA) is 114 Å². The highest BCUT2D eigenvalue weighted by Gasteiger charge is 2.18. The number of hydrogen-bond donors (Lipinski definition) is 3. The first-order valence-corrected chi connectivity index (χ1v) is 6.44. The van der Waals surface area contributed by atoms with Gasteiger partial charge < -0.3 is 20.5 Å². The molecule has 3 rings (SSSR count). The number of carbonyl (C=O) groups is 1. The van der Waals surface area contributed by atoms with E-state index in [1.165, 1.54) is 6.33 Å². The number of aliphatic hydroxyl groups excluding tert-OH is 2. The summed E-state index contributed by atoms with van der Waals surface area (Å²) in [6.07, 6.45) is 0.593. The summed E-state index contributed by atoms with van der Waals surface area (Å²) >= 11 is 0. The van der Waals surface area contributed by atoms with Gasteiger partial charge in [-0.1, -0.05) is 18.2 Å². The number of pyridine rings is 1. The zero-order valence-electron chi connectivity index (χ0n) is 11.1. The van der Waals surface area contributed by atoms with E-state index in [1.54, 1.807) is 10.6 Å². The van der Waals surface area contributed by atoms with E-state index in [0.29, 0.717) is 16.6 Å². The van der Waals surface area contributed by atoms with Crippen LogP contribution in [0, 0.1) is 0 Å². The van der Waals surface area contributed by atoms with Crippen LogP contribution in [0.15, 0.2) is 30.6 Å². The minimum absolute atomic E-state index is 0.0981. The Kier molecular flexibility index (Phi) is 3.28. The van der Waals surface area contributed by atoms with E-state index in [4.69, 9.17) is 10.8 Å². The number of para-hydroxylation sites is 1. The molecule has 0 aliphatic rings. The van der Waals surface area contributed by atoms with Gasteiger partial charge >= 0.3 is 0 Å². The number of carbonyl (C=O) groups excluding carboxylic acids is 1. The van der Waals surface area contributed by atoms with Gasteiger partial charge in [-0.25, -0.2) is 9.97 Å². The minimum atomic E-state index is -0.911. The molecule has 0 aliphatic carbocycles. The average Bonchev–Trinajstić information content (AvgIpc) is 2.90. The number of primary amides is 1. The van der Waals surface area contributed by atoms with Crippen molar-refractivity contribution in [2.24, 2.45) is 5.73 Å². The lowest BCUT2D eigenvalue weighted by atomic mass is 10.1. The fourth-order valence-electron chi connectivity index (χ4n) is 2.38. The summed E-state index contributed by atoms with van der Waals surface area (Å²) in [4.78, 5) is 20.0. The van der Waals surface area contributed by atoms with Crippen molar-refractivity contribution in [2.45, 2.75) is 12.6 Å². The lowest BCUT2D eigenvalue weighted by Gasteiger charge is -2.11. The summed E-state index contributed by atoms with van der Waals surface area (Å²) in [6, 6.07) is 7.31. The van der Waals surface area contributed by atoms with Crippen LogP contribution in [0.1, 0.15) is 10.5 Å². The number of hydrogen-bond acceptors (Lipinski definition) is 5. The molecule has 3 aromatic rings. The Morgan fingerprint density at radius 3 is 2.86 bits per heavy atom. The molecule has 7 nitrogen and oxygen atoms in total. The normalized spacial score (nSPS) is 12.9. The molecule has 1 atom stereocenters. The van der Waals surface area contributed by atoms with E-state index >= 15 is 0 Å². The number of nitrogens with zero attached hydrogens (tertiary/aromatic N) is 3. The van der Waals surface area contributed by atoms with Gasteiger partial charge in [0.1, 0.15) is 5.52 Å². The molecule has 0 spiro atoms. The van der Waals surface area contributed by atoms with Gasteiger partial charge in [0, 0.05) is 5.39 Å². The second-order valence-electron chi connectivity index (χ2n) is 4.77. The maximum atomic E-state index is 11.6. The molecule has 0 radical (unpaired) electrons. The number of benzene rings is 1. The van der Waals surface area contributed by atoms with Gasteiger partial charge in [-0.05, 0) is 6.07 Å².